The lowest BCUT2D eigenvalue weighted by molar-refractivity contribution is 0.576. The molecule has 0 atom stereocenters. The molecule has 3 rings (SSSR count). The lowest BCUT2D eigenvalue weighted by atomic mass is 10.3. The van der Waals surface area contributed by atoms with Crippen molar-refractivity contribution in [2.24, 2.45) is 5.92 Å². The Kier molecular flexibility index (Phi) is 2.83. The van der Waals surface area contributed by atoms with E-state index in [1.807, 2.05) is 24.3 Å². The van der Waals surface area contributed by atoms with Gasteiger partial charge in [0, 0.05) is 0 Å². The number of hydrogen-bond acceptors (Lipinski definition) is 3. The minimum atomic E-state index is -3.16. The van der Waals surface area contributed by atoms with E-state index in [9.17, 15) is 8.42 Å². The summed E-state index contributed by atoms with van der Waals surface area (Å²) in [5, 5.41) is 0. The van der Waals surface area contributed by atoms with Gasteiger partial charge in [-0.05, 0) is 30.9 Å². The van der Waals surface area contributed by atoms with Crippen LogP contribution in [0.4, 0.5) is 0 Å². The average Bonchev–Trinajstić information content (AvgIpc) is 3.02. The van der Waals surface area contributed by atoms with Gasteiger partial charge in [0.2, 0.25) is 10.0 Å². The first-order valence-corrected chi connectivity index (χ1v) is 7.68. The molecule has 96 valence electrons. The average molecular weight is 265 g/mol. The standard InChI is InChI=1S/C12H15N3O2S/c16-18(17,8-9-5-6-9)13-7-12-14-10-3-1-2-4-11(10)15-12/h1-4,9,13H,5-8H2,(H,14,15). The first-order chi connectivity index (χ1) is 8.62. The third kappa shape index (κ3) is 2.70. The van der Waals surface area contributed by atoms with Crippen LogP contribution in [0.2, 0.25) is 0 Å². The maximum absolute atomic E-state index is 11.7. The first kappa shape index (κ1) is 11.7. The molecule has 18 heavy (non-hydrogen) atoms. The second kappa shape index (κ2) is 4.37. The van der Waals surface area contributed by atoms with E-state index in [0.717, 1.165) is 23.9 Å². The molecule has 2 aromatic rings. The van der Waals surface area contributed by atoms with Crippen LogP contribution in [0.15, 0.2) is 24.3 Å². The summed E-state index contributed by atoms with van der Waals surface area (Å²) in [6.07, 6.45) is 2.07. The van der Waals surface area contributed by atoms with Crippen LogP contribution in [0, 0.1) is 5.92 Å². The molecule has 0 aliphatic heterocycles. The Bertz CT molecular complexity index is 626. The van der Waals surface area contributed by atoms with Gasteiger partial charge in [-0.15, -0.1) is 0 Å². The molecule has 0 radical (unpaired) electrons. The molecule has 0 spiro atoms. The van der Waals surface area contributed by atoms with Gasteiger partial charge >= 0.3 is 0 Å². The third-order valence-electron chi connectivity index (χ3n) is 3.05. The molecular weight excluding hydrogens is 250 g/mol. The lowest BCUT2D eigenvalue weighted by Gasteiger charge is -2.03. The van der Waals surface area contributed by atoms with Gasteiger partial charge in [-0.2, -0.15) is 0 Å². The summed E-state index contributed by atoms with van der Waals surface area (Å²) in [6, 6.07) is 7.64. The Hall–Kier alpha value is -1.40. The minimum Gasteiger partial charge on any atom is -0.341 e. The summed E-state index contributed by atoms with van der Waals surface area (Å²) in [5.74, 6) is 1.25. The normalized spacial score (nSPS) is 16.2. The fourth-order valence-electron chi connectivity index (χ4n) is 1.92. The Morgan fingerprint density at radius 2 is 2.11 bits per heavy atom. The second-order valence-electron chi connectivity index (χ2n) is 4.75. The van der Waals surface area contributed by atoms with E-state index < -0.39 is 10.0 Å². The van der Waals surface area contributed by atoms with Crippen molar-refractivity contribution in [3.63, 3.8) is 0 Å². The van der Waals surface area contributed by atoms with Crippen molar-refractivity contribution in [3.8, 4) is 0 Å². The SMILES string of the molecule is O=S(=O)(CC1CC1)NCc1nc2ccccc2[nH]1. The van der Waals surface area contributed by atoms with E-state index in [-0.39, 0.29) is 12.3 Å². The Balaban J connectivity index is 1.68. The molecule has 1 aromatic carbocycles. The summed E-state index contributed by atoms with van der Waals surface area (Å²) in [7, 11) is -3.16. The Morgan fingerprint density at radius 1 is 1.33 bits per heavy atom. The zero-order valence-electron chi connectivity index (χ0n) is 9.89. The molecule has 1 fully saturated rings. The molecule has 1 heterocycles. The van der Waals surface area contributed by atoms with Gasteiger partial charge in [-0.1, -0.05) is 12.1 Å². The van der Waals surface area contributed by atoms with Crippen molar-refractivity contribution in [2.75, 3.05) is 5.75 Å². The molecule has 0 amide bonds. The highest BCUT2D eigenvalue weighted by Gasteiger charge is 2.27. The molecule has 5 nitrogen and oxygen atoms in total. The number of sulfonamides is 1. The van der Waals surface area contributed by atoms with Gasteiger partial charge in [0.25, 0.3) is 0 Å². The number of fused-ring (bicyclic) bond motifs is 1. The number of imidazole rings is 1. The number of hydrogen-bond donors (Lipinski definition) is 2. The second-order valence-corrected chi connectivity index (χ2v) is 6.60. The van der Waals surface area contributed by atoms with Crippen LogP contribution in [-0.2, 0) is 16.6 Å². The smallest absolute Gasteiger partial charge is 0.212 e. The fraction of sp³-hybridized carbons (Fsp3) is 0.417. The number of aromatic amines is 1. The topological polar surface area (TPSA) is 74.8 Å². The zero-order valence-corrected chi connectivity index (χ0v) is 10.7. The van der Waals surface area contributed by atoms with E-state index in [4.69, 9.17) is 0 Å². The highest BCUT2D eigenvalue weighted by Crippen LogP contribution is 2.29. The van der Waals surface area contributed by atoms with Crippen molar-refractivity contribution in [3.05, 3.63) is 30.1 Å². The van der Waals surface area contributed by atoms with Crippen molar-refractivity contribution < 1.29 is 8.42 Å². The molecule has 1 saturated carbocycles. The molecule has 0 unspecified atom stereocenters. The van der Waals surface area contributed by atoms with Crippen molar-refractivity contribution >= 4 is 21.1 Å². The molecule has 6 heteroatoms. The summed E-state index contributed by atoms with van der Waals surface area (Å²) < 4.78 is 26.0. The number of H-pyrrole nitrogens is 1. The first-order valence-electron chi connectivity index (χ1n) is 6.03. The van der Waals surface area contributed by atoms with Crippen LogP contribution in [0.25, 0.3) is 11.0 Å². The molecule has 1 aliphatic rings. The largest absolute Gasteiger partial charge is 0.341 e. The summed E-state index contributed by atoms with van der Waals surface area (Å²) in [6.45, 7) is 0.226. The van der Waals surface area contributed by atoms with Crippen molar-refractivity contribution in [1.29, 1.82) is 0 Å². The van der Waals surface area contributed by atoms with Crippen LogP contribution >= 0.6 is 0 Å². The molecule has 1 aliphatic carbocycles. The predicted molar refractivity (Wildman–Crippen MR) is 69.4 cm³/mol. The van der Waals surface area contributed by atoms with E-state index in [1.165, 1.54) is 0 Å². The maximum Gasteiger partial charge on any atom is 0.212 e. The Morgan fingerprint density at radius 3 is 2.83 bits per heavy atom. The molecular formula is C12H15N3O2S. The van der Waals surface area contributed by atoms with E-state index in [1.54, 1.807) is 0 Å². The highest BCUT2D eigenvalue weighted by atomic mass is 32.2. The van der Waals surface area contributed by atoms with E-state index in [2.05, 4.69) is 14.7 Å². The number of rotatable bonds is 5. The maximum atomic E-state index is 11.7. The van der Waals surface area contributed by atoms with Gasteiger partial charge < -0.3 is 4.98 Å². The number of nitrogens with one attached hydrogen (secondary N) is 2. The van der Waals surface area contributed by atoms with Gasteiger partial charge in [0.1, 0.15) is 5.82 Å². The van der Waals surface area contributed by atoms with Gasteiger partial charge in [-0.25, -0.2) is 18.1 Å². The quantitative estimate of drug-likeness (QED) is 0.858. The van der Waals surface area contributed by atoms with Crippen LogP contribution < -0.4 is 4.72 Å². The fourth-order valence-corrected chi connectivity index (χ4v) is 3.35. The monoisotopic (exact) mass is 265 g/mol. The predicted octanol–water partition coefficient (Wildman–Crippen LogP) is 1.39. The van der Waals surface area contributed by atoms with Gasteiger partial charge in [0.15, 0.2) is 0 Å². The van der Waals surface area contributed by atoms with Crippen molar-refractivity contribution in [1.82, 2.24) is 14.7 Å². The molecule has 0 saturated heterocycles. The van der Waals surface area contributed by atoms with Crippen LogP contribution in [-0.4, -0.2) is 24.1 Å². The van der Waals surface area contributed by atoms with Crippen LogP contribution in [0.5, 0.6) is 0 Å². The molecule has 2 N–H and O–H groups in total. The minimum absolute atomic E-state index is 0.226. The molecule has 0 bridgehead atoms. The number of nitrogens with zero attached hydrogens (tertiary/aromatic N) is 1. The van der Waals surface area contributed by atoms with Gasteiger partial charge in [0.05, 0.1) is 23.3 Å². The summed E-state index contributed by atoms with van der Waals surface area (Å²) in [5.41, 5.74) is 1.78. The lowest BCUT2D eigenvalue weighted by Crippen LogP contribution is -2.27. The van der Waals surface area contributed by atoms with E-state index in [0.29, 0.717) is 11.7 Å². The third-order valence-corrected chi connectivity index (χ3v) is 4.54. The van der Waals surface area contributed by atoms with Crippen molar-refractivity contribution in [2.45, 2.75) is 19.4 Å². The van der Waals surface area contributed by atoms with Crippen LogP contribution in [0.1, 0.15) is 18.7 Å². The highest BCUT2D eigenvalue weighted by molar-refractivity contribution is 7.89. The van der Waals surface area contributed by atoms with Gasteiger partial charge in [-0.3, -0.25) is 0 Å². The Labute approximate surface area is 106 Å². The summed E-state index contributed by atoms with van der Waals surface area (Å²) in [4.78, 5) is 7.43. The number of benzene rings is 1. The van der Waals surface area contributed by atoms with E-state index >= 15 is 0 Å². The summed E-state index contributed by atoms with van der Waals surface area (Å²) >= 11 is 0. The number of para-hydroxylation sites is 2. The zero-order chi connectivity index (χ0) is 12.6. The number of aromatic nitrogens is 2. The van der Waals surface area contributed by atoms with Crippen LogP contribution in [0.3, 0.4) is 0 Å². The molecule has 1 aromatic heterocycles.